The molecule has 5 heteroatoms. The summed E-state index contributed by atoms with van der Waals surface area (Å²) in [5.41, 5.74) is 0.521. The summed E-state index contributed by atoms with van der Waals surface area (Å²) in [6, 6.07) is 4.79. The van der Waals surface area contributed by atoms with Gasteiger partial charge in [0.15, 0.2) is 12.7 Å². The van der Waals surface area contributed by atoms with E-state index < -0.39 is 12.1 Å². The molecule has 19 heavy (non-hydrogen) atoms. The number of carboxylic acid groups (broad SMARTS) is 1. The number of Topliss-reactive ketones (excluding diaryl/α,β-unsaturated/α-hetero) is 1. The van der Waals surface area contributed by atoms with Gasteiger partial charge in [-0.25, -0.2) is 4.79 Å². The van der Waals surface area contributed by atoms with E-state index in [4.69, 9.17) is 14.6 Å². The number of aliphatic carboxylic acids is 1. The zero-order valence-corrected chi connectivity index (χ0v) is 10.7. The lowest BCUT2D eigenvalue weighted by atomic mass is 10.1. The summed E-state index contributed by atoms with van der Waals surface area (Å²) in [6.07, 6.45) is 1.30. The van der Waals surface area contributed by atoms with E-state index in [1.54, 1.807) is 18.2 Å². The largest absolute Gasteiger partial charge is 0.485 e. The first-order valence-corrected chi connectivity index (χ1v) is 6.31. The molecule has 0 saturated carbocycles. The standard InChI is InChI=1S/C14H16O5/c1-2-3-4-12(14(16)17)19-9-5-6-10-11(15)8-18-13(10)7-9/h5-7,12H,2-4,8H2,1H3,(H,16,17). The second-order valence-corrected chi connectivity index (χ2v) is 4.46. The monoisotopic (exact) mass is 264 g/mol. The van der Waals surface area contributed by atoms with Crippen molar-refractivity contribution >= 4 is 11.8 Å². The highest BCUT2D eigenvalue weighted by molar-refractivity contribution is 6.02. The molecule has 0 fully saturated rings. The van der Waals surface area contributed by atoms with Crippen molar-refractivity contribution in [3.8, 4) is 11.5 Å². The number of benzene rings is 1. The minimum Gasteiger partial charge on any atom is -0.485 e. The Labute approximate surface area is 111 Å². The van der Waals surface area contributed by atoms with Crippen LogP contribution in [0.3, 0.4) is 0 Å². The molecule has 1 atom stereocenters. The third kappa shape index (κ3) is 3.05. The molecule has 1 aromatic carbocycles. The molecule has 0 saturated heterocycles. The van der Waals surface area contributed by atoms with E-state index in [2.05, 4.69) is 0 Å². The van der Waals surface area contributed by atoms with Crippen molar-refractivity contribution in [1.82, 2.24) is 0 Å². The normalized spacial score (nSPS) is 14.7. The Morgan fingerprint density at radius 1 is 1.53 bits per heavy atom. The molecule has 0 aromatic heterocycles. The molecule has 0 bridgehead atoms. The van der Waals surface area contributed by atoms with Crippen LogP contribution in [0.25, 0.3) is 0 Å². The average Bonchev–Trinajstić information content (AvgIpc) is 2.75. The Bertz CT molecular complexity index is 495. The van der Waals surface area contributed by atoms with Crippen LogP contribution in [0, 0.1) is 0 Å². The van der Waals surface area contributed by atoms with Gasteiger partial charge < -0.3 is 14.6 Å². The Kier molecular flexibility index (Phi) is 4.04. The lowest BCUT2D eigenvalue weighted by Gasteiger charge is -2.15. The van der Waals surface area contributed by atoms with Crippen LogP contribution >= 0.6 is 0 Å². The number of hydrogen-bond acceptors (Lipinski definition) is 4. The van der Waals surface area contributed by atoms with E-state index in [1.165, 1.54) is 0 Å². The second-order valence-electron chi connectivity index (χ2n) is 4.46. The van der Waals surface area contributed by atoms with E-state index >= 15 is 0 Å². The number of carbonyl (C=O) groups is 2. The first kappa shape index (κ1) is 13.4. The molecule has 1 heterocycles. The van der Waals surface area contributed by atoms with Crippen molar-refractivity contribution in [2.75, 3.05) is 6.61 Å². The summed E-state index contributed by atoms with van der Waals surface area (Å²) in [6.45, 7) is 2.03. The molecule has 5 nitrogen and oxygen atoms in total. The molecular weight excluding hydrogens is 248 g/mol. The molecule has 1 unspecified atom stereocenters. The molecular formula is C14H16O5. The van der Waals surface area contributed by atoms with E-state index in [1.807, 2.05) is 6.92 Å². The SMILES string of the molecule is CCCCC(Oc1ccc2c(c1)OCC2=O)C(=O)O. The van der Waals surface area contributed by atoms with Crippen molar-refractivity contribution in [3.63, 3.8) is 0 Å². The molecule has 1 aliphatic rings. The first-order chi connectivity index (χ1) is 9.11. The molecule has 2 rings (SSSR count). The number of ketones is 1. The number of fused-ring (bicyclic) bond motifs is 1. The smallest absolute Gasteiger partial charge is 0.344 e. The highest BCUT2D eigenvalue weighted by Gasteiger charge is 2.23. The van der Waals surface area contributed by atoms with Gasteiger partial charge in [0.2, 0.25) is 5.78 Å². The summed E-state index contributed by atoms with van der Waals surface area (Å²) >= 11 is 0. The molecule has 0 aliphatic carbocycles. The third-order valence-corrected chi connectivity index (χ3v) is 2.99. The summed E-state index contributed by atoms with van der Waals surface area (Å²) in [7, 11) is 0. The quantitative estimate of drug-likeness (QED) is 0.853. The molecule has 1 N–H and O–H groups in total. The predicted octanol–water partition coefficient (Wildman–Crippen LogP) is 2.28. The zero-order valence-electron chi connectivity index (χ0n) is 10.7. The maximum absolute atomic E-state index is 11.4. The predicted molar refractivity (Wildman–Crippen MR) is 67.8 cm³/mol. The van der Waals surface area contributed by atoms with Crippen LogP contribution in [-0.4, -0.2) is 29.6 Å². The van der Waals surface area contributed by atoms with Gasteiger partial charge >= 0.3 is 5.97 Å². The van der Waals surface area contributed by atoms with Crippen LogP contribution in [0.5, 0.6) is 11.5 Å². The fraction of sp³-hybridized carbons (Fsp3) is 0.429. The third-order valence-electron chi connectivity index (χ3n) is 2.99. The van der Waals surface area contributed by atoms with Gasteiger partial charge in [-0.2, -0.15) is 0 Å². The summed E-state index contributed by atoms with van der Waals surface area (Å²) in [5.74, 6) is -0.174. The van der Waals surface area contributed by atoms with Crippen LogP contribution in [0.2, 0.25) is 0 Å². The van der Waals surface area contributed by atoms with Gasteiger partial charge in [-0.1, -0.05) is 13.3 Å². The lowest BCUT2D eigenvalue weighted by molar-refractivity contribution is -0.145. The van der Waals surface area contributed by atoms with E-state index in [0.717, 1.165) is 12.8 Å². The van der Waals surface area contributed by atoms with Crippen LogP contribution in [0.4, 0.5) is 0 Å². The highest BCUT2D eigenvalue weighted by atomic mass is 16.5. The van der Waals surface area contributed by atoms with Gasteiger partial charge in [-0.15, -0.1) is 0 Å². The lowest BCUT2D eigenvalue weighted by Crippen LogP contribution is -2.26. The summed E-state index contributed by atoms with van der Waals surface area (Å²) in [5, 5.41) is 9.09. The number of carbonyl (C=O) groups excluding carboxylic acids is 1. The molecule has 0 amide bonds. The Morgan fingerprint density at radius 3 is 3.00 bits per heavy atom. The molecule has 102 valence electrons. The van der Waals surface area contributed by atoms with Crippen molar-refractivity contribution in [2.45, 2.75) is 32.3 Å². The molecule has 1 aliphatic heterocycles. The highest BCUT2D eigenvalue weighted by Crippen LogP contribution is 2.30. The fourth-order valence-electron chi connectivity index (χ4n) is 1.93. The average molecular weight is 264 g/mol. The number of carboxylic acids is 1. The van der Waals surface area contributed by atoms with Crippen LogP contribution in [0.1, 0.15) is 36.5 Å². The number of rotatable bonds is 6. The van der Waals surface area contributed by atoms with E-state index in [9.17, 15) is 9.59 Å². The molecule has 0 spiro atoms. The maximum atomic E-state index is 11.4. The van der Waals surface area contributed by atoms with Gasteiger partial charge in [-0.05, 0) is 25.0 Å². The van der Waals surface area contributed by atoms with Gasteiger partial charge in [0.05, 0.1) is 5.56 Å². The van der Waals surface area contributed by atoms with Gasteiger partial charge in [0.1, 0.15) is 11.5 Å². The fourth-order valence-corrected chi connectivity index (χ4v) is 1.93. The molecule has 0 radical (unpaired) electrons. The number of hydrogen-bond donors (Lipinski definition) is 1. The topological polar surface area (TPSA) is 72.8 Å². The Balaban J connectivity index is 2.09. The molecule has 1 aromatic rings. The van der Waals surface area contributed by atoms with Gasteiger partial charge in [0, 0.05) is 6.07 Å². The van der Waals surface area contributed by atoms with Crippen molar-refractivity contribution in [2.24, 2.45) is 0 Å². The summed E-state index contributed by atoms with van der Waals surface area (Å²) in [4.78, 5) is 22.5. The minimum absolute atomic E-state index is 0.0387. The summed E-state index contributed by atoms with van der Waals surface area (Å²) < 4.78 is 10.6. The second kappa shape index (κ2) is 5.73. The number of unbranched alkanes of at least 4 members (excludes halogenated alkanes) is 1. The zero-order chi connectivity index (χ0) is 13.8. The van der Waals surface area contributed by atoms with Crippen LogP contribution < -0.4 is 9.47 Å². The Morgan fingerprint density at radius 2 is 2.32 bits per heavy atom. The van der Waals surface area contributed by atoms with Gasteiger partial charge in [-0.3, -0.25) is 4.79 Å². The van der Waals surface area contributed by atoms with Crippen molar-refractivity contribution < 1.29 is 24.2 Å². The van der Waals surface area contributed by atoms with Crippen molar-refractivity contribution in [1.29, 1.82) is 0 Å². The first-order valence-electron chi connectivity index (χ1n) is 6.31. The number of ether oxygens (including phenoxy) is 2. The minimum atomic E-state index is -0.981. The van der Waals surface area contributed by atoms with E-state index in [-0.39, 0.29) is 12.4 Å². The maximum Gasteiger partial charge on any atom is 0.344 e. The van der Waals surface area contributed by atoms with Crippen LogP contribution in [-0.2, 0) is 4.79 Å². The Hall–Kier alpha value is -2.04. The van der Waals surface area contributed by atoms with Gasteiger partial charge in [0.25, 0.3) is 0 Å². The van der Waals surface area contributed by atoms with Crippen molar-refractivity contribution in [3.05, 3.63) is 23.8 Å². The van der Waals surface area contributed by atoms with E-state index in [0.29, 0.717) is 23.5 Å². The van der Waals surface area contributed by atoms with Crippen LogP contribution in [0.15, 0.2) is 18.2 Å².